The van der Waals surface area contributed by atoms with Crippen molar-refractivity contribution in [1.29, 1.82) is 0 Å². The largest absolute Gasteiger partial charge is 0.312 e. The van der Waals surface area contributed by atoms with Crippen LogP contribution in [0.25, 0.3) is 0 Å². The van der Waals surface area contributed by atoms with E-state index in [4.69, 9.17) is 0 Å². The lowest BCUT2D eigenvalue weighted by molar-refractivity contribution is 0.600. The number of fused-ring (bicyclic) bond motifs is 1. The van der Waals surface area contributed by atoms with Gasteiger partial charge >= 0.3 is 0 Å². The number of aliphatic imine (C=N–C) groups is 1. The van der Waals surface area contributed by atoms with Crippen molar-refractivity contribution in [2.24, 2.45) is 4.99 Å². The second-order valence-corrected chi connectivity index (χ2v) is 8.26. The van der Waals surface area contributed by atoms with Gasteiger partial charge in [0.2, 0.25) is 0 Å². The summed E-state index contributed by atoms with van der Waals surface area (Å²) in [5.41, 5.74) is 0.414. The first-order valence-corrected chi connectivity index (χ1v) is 9.27. The number of rotatable bonds is 2. The molecule has 2 aliphatic heterocycles. The van der Waals surface area contributed by atoms with Crippen molar-refractivity contribution < 1.29 is 12.8 Å². The maximum atomic E-state index is 14.0. The lowest BCUT2D eigenvalue weighted by atomic mass is 10.1. The Labute approximate surface area is 122 Å². The second-order valence-electron chi connectivity index (χ2n) is 4.88. The Kier molecular flexibility index (Phi) is 3.50. The summed E-state index contributed by atoms with van der Waals surface area (Å²) in [6.45, 7) is 2.00. The average Bonchev–Trinajstić information content (AvgIpc) is 2.82. The van der Waals surface area contributed by atoms with Gasteiger partial charge in [-0.1, -0.05) is 30.8 Å². The number of anilines is 1. The molecule has 4 nitrogen and oxygen atoms in total. The number of para-hydroxylation sites is 1. The van der Waals surface area contributed by atoms with Crippen molar-refractivity contribution in [1.82, 2.24) is 0 Å². The molecule has 0 aliphatic carbocycles. The lowest BCUT2D eigenvalue weighted by Gasteiger charge is -2.26. The molecule has 0 spiro atoms. The SMILES string of the molecule is CCSC1=N[C@H]2CS(=O)(=O)C[C@@H]2N1c1ccccc1F. The Bertz CT molecular complexity index is 660. The summed E-state index contributed by atoms with van der Waals surface area (Å²) >= 11 is 1.52. The number of benzene rings is 1. The van der Waals surface area contributed by atoms with Crippen molar-refractivity contribution in [3.8, 4) is 0 Å². The molecule has 2 atom stereocenters. The van der Waals surface area contributed by atoms with Crippen molar-refractivity contribution in [2.45, 2.75) is 19.0 Å². The van der Waals surface area contributed by atoms with Crippen LogP contribution >= 0.6 is 11.8 Å². The van der Waals surface area contributed by atoms with E-state index in [2.05, 4.69) is 4.99 Å². The zero-order valence-electron chi connectivity index (χ0n) is 11.0. The Balaban J connectivity index is 2.03. The fraction of sp³-hybridized carbons (Fsp3) is 0.462. The van der Waals surface area contributed by atoms with E-state index < -0.39 is 9.84 Å². The van der Waals surface area contributed by atoms with Gasteiger partial charge in [-0.25, -0.2) is 12.8 Å². The van der Waals surface area contributed by atoms with Gasteiger partial charge in [-0.05, 0) is 17.9 Å². The van der Waals surface area contributed by atoms with E-state index in [9.17, 15) is 12.8 Å². The smallest absolute Gasteiger partial charge is 0.164 e. The Morgan fingerprint density at radius 1 is 1.40 bits per heavy atom. The first-order chi connectivity index (χ1) is 9.52. The molecule has 3 rings (SSSR count). The van der Waals surface area contributed by atoms with Gasteiger partial charge in [0.1, 0.15) is 5.82 Å². The number of nitrogens with zero attached hydrogens (tertiary/aromatic N) is 2. The van der Waals surface area contributed by atoms with Gasteiger partial charge in [-0.3, -0.25) is 4.99 Å². The minimum atomic E-state index is -3.08. The van der Waals surface area contributed by atoms with E-state index in [-0.39, 0.29) is 29.4 Å². The van der Waals surface area contributed by atoms with E-state index in [0.29, 0.717) is 5.69 Å². The monoisotopic (exact) mass is 314 g/mol. The summed E-state index contributed by atoms with van der Waals surface area (Å²) in [4.78, 5) is 6.26. The van der Waals surface area contributed by atoms with Crippen LogP contribution in [0.5, 0.6) is 0 Å². The molecule has 0 saturated carbocycles. The highest BCUT2D eigenvalue weighted by Gasteiger charge is 2.47. The lowest BCUT2D eigenvalue weighted by Crippen LogP contribution is -2.39. The van der Waals surface area contributed by atoms with Crippen LogP contribution in [0.15, 0.2) is 29.3 Å². The number of thioether (sulfide) groups is 1. The number of halogens is 1. The quantitative estimate of drug-likeness (QED) is 0.837. The third kappa shape index (κ3) is 2.33. The topological polar surface area (TPSA) is 49.7 Å². The normalized spacial score (nSPS) is 27.5. The van der Waals surface area contributed by atoms with Crippen LogP contribution in [0.4, 0.5) is 10.1 Å². The summed E-state index contributed by atoms with van der Waals surface area (Å²) in [6.07, 6.45) is 0. The Morgan fingerprint density at radius 2 is 2.15 bits per heavy atom. The van der Waals surface area contributed by atoms with Gasteiger partial charge in [0.25, 0.3) is 0 Å². The van der Waals surface area contributed by atoms with Crippen molar-refractivity contribution >= 4 is 32.5 Å². The van der Waals surface area contributed by atoms with Crippen LogP contribution in [0.3, 0.4) is 0 Å². The van der Waals surface area contributed by atoms with Crippen molar-refractivity contribution in [3.05, 3.63) is 30.1 Å². The summed E-state index contributed by atoms with van der Waals surface area (Å²) in [5.74, 6) is 0.581. The highest BCUT2D eigenvalue weighted by Crippen LogP contribution is 2.35. The van der Waals surface area contributed by atoms with E-state index in [1.165, 1.54) is 17.8 Å². The van der Waals surface area contributed by atoms with Crippen LogP contribution in [-0.2, 0) is 9.84 Å². The molecule has 0 unspecified atom stereocenters. The molecule has 0 N–H and O–H groups in total. The molecule has 0 aromatic heterocycles. The molecular formula is C13H15FN2O2S2. The third-order valence-corrected chi connectivity index (χ3v) is 6.04. The molecule has 1 aromatic carbocycles. The highest BCUT2D eigenvalue weighted by atomic mass is 32.2. The Morgan fingerprint density at radius 3 is 2.85 bits per heavy atom. The zero-order chi connectivity index (χ0) is 14.3. The molecule has 2 aliphatic rings. The number of hydrogen-bond donors (Lipinski definition) is 0. The predicted molar refractivity (Wildman–Crippen MR) is 80.7 cm³/mol. The zero-order valence-corrected chi connectivity index (χ0v) is 12.6. The summed E-state index contributed by atoms with van der Waals surface area (Å²) in [6, 6.07) is 5.90. The third-order valence-electron chi connectivity index (χ3n) is 3.49. The molecule has 1 fully saturated rings. The molecule has 0 amide bonds. The number of sulfone groups is 1. The fourth-order valence-electron chi connectivity index (χ4n) is 2.69. The van der Waals surface area contributed by atoms with E-state index in [0.717, 1.165) is 10.9 Å². The molecule has 1 aromatic rings. The predicted octanol–water partition coefficient (Wildman–Crippen LogP) is 1.92. The molecular weight excluding hydrogens is 299 g/mol. The van der Waals surface area contributed by atoms with E-state index in [1.807, 2.05) is 6.92 Å². The molecule has 108 valence electrons. The van der Waals surface area contributed by atoms with Crippen molar-refractivity contribution in [3.63, 3.8) is 0 Å². The van der Waals surface area contributed by atoms with Gasteiger partial charge in [0, 0.05) is 0 Å². The minimum Gasteiger partial charge on any atom is -0.312 e. The van der Waals surface area contributed by atoms with Gasteiger partial charge in [0.05, 0.1) is 29.3 Å². The standard InChI is InChI=1S/C13H15FN2O2S2/c1-2-19-13-15-10-7-20(17,18)8-12(10)16(13)11-6-4-3-5-9(11)14/h3-6,10,12H,2,7-8H2,1H3/t10-,12-/m0/s1. The molecule has 0 radical (unpaired) electrons. The summed E-state index contributed by atoms with van der Waals surface area (Å²) < 4.78 is 37.6. The molecule has 1 saturated heterocycles. The van der Waals surface area contributed by atoms with Gasteiger partial charge in [-0.15, -0.1) is 0 Å². The minimum absolute atomic E-state index is 0.0449. The Hall–Kier alpha value is -1.08. The average molecular weight is 314 g/mol. The molecule has 7 heteroatoms. The van der Waals surface area contributed by atoms with E-state index in [1.54, 1.807) is 23.1 Å². The van der Waals surface area contributed by atoms with Crippen LogP contribution < -0.4 is 4.90 Å². The van der Waals surface area contributed by atoms with Gasteiger partial charge in [0.15, 0.2) is 15.0 Å². The summed E-state index contributed by atoms with van der Waals surface area (Å²) in [7, 11) is -3.08. The first-order valence-electron chi connectivity index (χ1n) is 6.46. The van der Waals surface area contributed by atoms with Crippen LogP contribution in [0.2, 0.25) is 0 Å². The number of amidine groups is 1. The van der Waals surface area contributed by atoms with Crippen LogP contribution in [0, 0.1) is 5.82 Å². The first kappa shape index (κ1) is 13.9. The maximum Gasteiger partial charge on any atom is 0.164 e. The van der Waals surface area contributed by atoms with Crippen LogP contribution in [-0.4, -0.2) is 42.9 Å². The molecule has 20 heavy (non-hydrogen) atoms. The van der Waals surface area contributed by atoms with Crippen molar-refractivity contribution in [2.75, 3.05) is 22.2 Å². The molecule has 2 heterocycles. The fourth-order valence-corrected chi connectivity index (χ4v) is 5.38. The van der Waals surface area contributed by atoms with Crippen LogP contribution in [0.1, 0.15) is 6.92 Å². The number of hydrogen-bond acceptors (Lipinski definition) is 5. The maximum absolute atomic E-state index is 14.0. The highest BCUT2D eigenvalue weighted by molar-refractivity contribution is 8.14. The van der Waals surface area contributed by atoms with Gasteiger partial charge < -0.3 is 4.90 Å². The second kappa shape index (κ2) is 5.04. The van der Waals surface area contributed by atoms with E-state index >= 15 is 0 Å². The summed E-state index contributed by atoms with van der Waals surface area (Å²) in [5, 5.41) is 0.725. The van der Waals surface area contributed by atoms with Gasteiger partial charge in [-0.2, -0.15) is 0 Å². The molecule has 0 bridgehead atoms.